The van der Waals surface area contributed by atoms with Gasteiger partial charge in [0.05, 0.1) is 29.8 Å². The molecule has 1 atom stereocenters. The molecular weight excluding hydrogens is 332 g/mol. The van der Waals surface area contributed by atoms with E-state index < -0.39 is 5.41 Å². The van der Waals surface area contributed by atoms with Crippen molar-refractivity contribution in [2.24, 2.45) is 5.41 Å². The third kappa shape index (κ3) is 3.48. The van der Waals surface area contributed by atoms with Gasteiger partial charge in [0, 0.05) is 19.3 Å². The van der Waals surface area contributed by atoms with E-state index in [1.165, 1.54) is 11.8 Å². The smallest absolute Gasteiger partial charge is 0.257 e. The Bertz CT molecular complexity index is 786. The molecule has 0 radical (unpaired) electrons. The van der Waals surface area contributed by atoms with E-state index in [-0.39, 0.29) is 24.5 Å². The van der Waals surface area contributed by atoms with Crippen LogP contribution in [0.3, 0.4) is 0 Å². The summed E-state index contributed by atoms with van der Waals surface area (Å²) in [7, 11) is 0. The number of amides is 2. The number of hydrogen-bond donors (Lipinski definition) is 3. The number of aliphatic hydroxyl groups is 1. The van der Waals surface area contributed by atoms with Crippen LogP contribution >= 0.6 is 0 Å². The van der Waals surface area contributed by atoms with Crippen LogP contribution < -0.4 is 5.32 Å². The molecule has 3 N–H and O–H groups in total. The number of benzene rings is 1. The molecule has 7 nitrogen and oxygen atoms in total. The number of carbonyl (C=O) groups is 2. The van der Waals surface area contributed by atoms with Crippen molar-refractivity contribution in [3.63, 3.8) is 0 Å². The first-order valence-corrected chi connectivity index (χ1v) is 8.71. The summed E-state index contributed by atoms with van der Waals surface area (Å²) in [6.07, 6.45) is 3.85. The van der Waals surface area contributed by atoms with Crippen molar-refractivity contribution in [1.29, 1.82) is 0 Å². The largest absolute Gasteiger partial charge is 0.395 e. The van der Waals surface area contributed by atoms with Crippen LogP contribution in [0.5, 0.6) is 0 Å². The number of nitrogens with zero attached hydrogens (tertiary/aromatic N) is 2. The predicted octanol–water partition coefficient (Wildman–Crippen LogP) is 1.28. The van der Waals surface area contributed by atoms with Crippen molar-refractivity contribution in [2.75, 3.05) is 19.7 Å². The fourth-order valence-electron chi connectivity index (χ4n) is 3.15. The summed E-state index contributed by atoms with van der Waals surface area (Å²) >= 11 is 0. The average molecular weight is 356 g/mol. The van der Waals surface area contributed by atoms with Gasteiger partial charge in [0.25, 0.3) is 5.91 Å². The molecule has 0 spiro atoms. The van der Waals surface area contributed by atoms with E-state index in [1.807, 2.05) is 18.2 Å². The van der Waals surface area contributed by atoms with Crippen LogP contribution in [0.25, 0.3) is 0 Å². The van der Waals surface area contributed by atoms with Gasteiger partial charge in [-0.3, -0.25) is 14.7 Å². The van der Waals surface area contributed by atoms with Crippen LogP contribution in [0.1, 0.15) is 41.4 Å². The Kier molecular flexibility index (Phi) is 5.08. The number of fused-ring (bicyclic) bond motifs is 1. The van der Waals surface area contributed by atoms with Crippen LogP contribution in [-0.4, -0.2) is 51.7 Å². The number of hydrogen-bond acceptors (Lipinski definition) is 4. The van der Waals surface area contributed by atoms with Gasteiger partial charge in [-0.15, -0.1) is 0 Å². The number of nitrogens with one attached hydrogen (secondary N) is 2. The Morgan fingerprint density at radius 1 is 1.38 bits per heavy atom. The van der Waals surface area contributed by atoms with Gasteiger partial charge >= 0.3 is 0 Å². The van der Waals surface area contributed by atoms with Crippen LogP contribution in [0.2, 0.25) is 0 Å². The lowest BCUT2D eigenvalue weighted by Gasteiger charge is -2.38. The molecule has 1 aromatic carbocycles. The molecule has 0 aliphatic carbocycles. The van der Waals surface area contributed by atoms with E-state index in [2.05, 4.69) is 21.6 Å². The normalized spacial score (nSPS) is 16.9. The summed E-state index contributed by atoms with van der Waals surface area (Å²) < 4.78 is 0. The molecule has 2 heterocycles. The number of rotatable bonds is 5. The predicted molar refractivity (Wildman–Crippen MR) is 96.4 cm³/mol. The van der Waals surface area contributed by atoms with Gasteiger partial charge in [-0.25, -0.2) is 0 Å². The van der Waals surface area contributed by atoms with Gasteiger partial charge in [0.15, 0.2) is 0 Å². The average Bonchev–Trinajstić information content (AvgIpc) is 3.19. The SMILES string of the molecule is CC(C)(CO)C(=O)NCC1c2ccccc2CCN1C(=O)c1cn[nH]c1. The molecule has 1 unspecified atom stereocenters. The summed E-state index contributed by atoms with van der Waals surface area (Å²) in [6, 6.07) is 7.72. The van der Waals surface area contributed by atoms with Gasteiger partial charge in [-0.05, 0) is 31.4 Å². The first-order valence-electron chi connectivity index (χ1n) is 8.71. The minimum Gasteiger partial charge on any atom is -0.395 e. The maximum atomic E-state index is 12.9. The van der Waals surface area contributed by atoms with Crippen LogP contribution in [0, 0.1) is 5.41 Å². The zero-order valence-corrected chi connectivity index (χ0v) is 15.0. The van der Waals surface area contributed by atoms with Crippen molar-refractivity contribution in [3.8, 4) is 0 Å². The van der Waals surface area contributed by atoms with Gasteiger partial charge in [-0.1, -0.05) is 24.3 Å². The van der Waals surface area contributed by atoms with Gasteiger partial charge in [0.1, 0.15) is 0 Å². The number of aromatic amines is 1. The van der Waals surface area contributed by atoms with Crippen LogP contribution in [-0.2, 0) is 11.2 Å². The van der Waals surface area contributed by atoms with Gasteiger partial charge in [0.2, 0.25) is 5.91 Å². The highest BCUT2D eigenvalue weighted by Gasteiger charge is 2.33. The molecule has 0 fully saturated rings. The zero-order chi connectivity index (χ0) is 18.7. The van der Waals surface area contributed by atoms with Crippen molar-refractivity contribution in [1.82, 2.24) is 20.4 Å². The summed E-state index contributed by atoms with van der Waals surface area (Å²) in [6.45, 7) is 4.00. The molecule has 0 bridgehead atoms. The Hall–Kier alpha value is -2.67. The van der Waals surface area contributed by atoms with Crippen molar-refractivity contribution >= 4 is 11.8 Å². The number of aromatic nitrogens is 2. The Morgan fingerprint density at radius 2 is 2.15 bits per heavy atom. The van der Waals surface area contributed by atoms with E-state index in [4.69, 9.17) is 0 Å². The van der Waals surface area contributed by atoms with E-state index in [0.29, 0.717) is 18.7 Å². The Morgan fingerprint density at radius 3 is 2.85 bits per heavy atom. The summed E-state index contributed by atoms with van der Waals surface area (Å²) in [5.74, 6) is -0.354. The van der Waals surface area contributed by atoms with Crippen LogP contribution in [0.4, 0.5) is 0 Å². The lowest BCUT2D eigenvalue weighted by Crippen LogP contribution is -2.47. The highest BCUT2D eigenvalue weighted by molar-refractivity contribution is 5.94. The molecule has 0 saturated carbocycles. The third-order valence-corrected chi connectivity index (χ3v) is 4.88. The van der Waals surface area contributed by atoms with E-state index >= 15 is 0 Å². The maximum Gasteiger partial charge on any atom is 0.257 e. The van der Waals surface area contributed by atoms with Crippen molar-refractivity contribution in [3.05, 3.63) is 53.3 Å². The number of aliphatic hydroxyl groups excluding tert-OH is 1. The molecule has 2 amide bonds. The van der Waals surface area contributed by atoms with Gasteiger partial charge in [-0.2, -0.15) is 5.10 Å². The monoisotopic (exact) mass is 356 g/mol. The second-order valence-corrected chi connectivity index (χ2v) is 7.20. The van der Waals surface area contributed by atoms with Crippen molar-refractivity contribution in [2.45, 2.75) is 26.3 Å². The lowest BCUT2D eigenvalue weighted by atomic mass is 9.90. The minimum absolute atomic E-state index is 0.117. The first kappa shape index (κ1) is 18.1. The van der Waals surface area contributed by atoms with Crippen LogP contribution in [0.15, 0.2) is 36.7 Å². The summed E-state index contributed by atoms with van der Waals surface area (Å²) in [5, 5.41) is 18.8. The molecule has 3 rings (SSSR count). The molecule has 1 aliphatic rings. The molecular formula is C19H24N4O3. The highest BCUT2D eigenvalue weighted by atomic mass is 16.3. The first-order chi connectivity index (χ1) is 12.4. The van der Waals surface area contributed by atoms with Gasteiger partial charge < -0.3 is 15.3 Å². The van der Waals surface area contributed by atoms with E-state index in [1.54, 1.807) is 24.9 Å². The Balaban J connectivity index is 1.85. The number of H-pyrrole nitrogens is 1. The summed E-state index contributed by atoms with van der Waals surface area (Å²) in [5.41, 5.74) is 1.85. The molecule has 2 aromatic rings. The zero-order valence-electron chi connectivity index (χ0n) is 15.0. The fourth-order valence-corrected chi connectivity index (χ4v) is 3.15. The minimum atomic E-state index is -0.867. The molecule has 1 aliphatic heterocycles. The molecule has 26 heavy (non-hydrogen) atoms. The second-order valence-electron chi connectivity index (χ2n) is 7.20. The molecule has 0 saturated heterocycles. The summed E-state index contributed by atoms with van der Waals surface area (Å²) in [4.78, 5) is 27.0. The lowest BCUT2D eigenvalue weighted by molar-refractivity contribution is -0.131. The highest BCUT2D eigenvalue weighted by Crippen LogP contribution is 2.30. The molecule has 138 valence electrons. The second kappa shape index (κ2) is 7.29. The topological polar surface area (TPSA) is 98.3 Å². The quantitative estimate of drug-likeness (QED) is 0.752. The van der Waals surface area contributed by atoms with Crippen molar-refractivity contribution < 1.29 is 14.7 Å². The van der Waals surface area contributed by atoms with E-state index in [9.17, 15) is 14.7 Å². The van der Waals surface area contributed by atoms with E-state index in [0.717, 1.165) is 12.0 Å². The standard InChI is InChI=1S/C19H24N4O3/c1-19(2,12-24)18(26)20-11-16-15-6-4-3-5-13(15)7-8-23(16)17(25)14-9-21-22-10-14/h3-6,9-10,16,24H,7-8,11-12H2,1-2H3,(H,20,26)(H,21,22). The molecule has 1 aromatic heterocycles. The number of carbonyl (C=O) groups excluding carboxylic acids is 2. The fraction of sp³-hybridized carbons (Fsp3) is 0.421. The maximum absolute atomic E-state index is 12.9. The third-order valence-electron chi connectivity index (χ3n) is 4.88. The molecule has 7 heteroatoms. The Labute approximate surface area is 152 Å².